The zero-order valence-electron chi connectivity index (χ0n) is 12.6. The third-order valence-corrected chi connectivity index (χ3v) is 3.64. The number of rotatable bonds is 6. The topological polar surface area (TPSA) is 42.4 Å². The molecule has 0 aliphatic heterocycles. The molecule has 0 spiro atoms. The molecule has 0 amide bonds. The summed E-state index contributed by atoms with van der Waals surface area (Å²) in [5.41, 5.74) is 9.90. The van der Waals surface area contributed by atoms with Crippen LogP contribution in [0.4, 0.5) is 0 Å². The van der Waals surface area contributed by atoms with Crippen LogP contribution < -0.4 is 5.73 Å². The summed E-state index contributed by atoms with van der Waals surface area (Å²) < 4.78 is 5.46. The second kappa shape index (κ2) is 6.73. The minimum Gasteiger partial charge on any atom is -0.468 e. The number of aryl methyl sites for hydroxylation is 2. The monoisotopic (exact) mass is 272 g/mol. The van der Waals surface area contributed by atoms with Crippen LogP contribution in [0, 0.1) is 13.8 Å². The van der Waals surface area contributed by atoms with E-state index in [0.717, 1.165) is 18.8 Å². The predicted octanol–water partition coefficient (Wildman–Crippen LogP) is 3.42. The summed E-state index contributed by atoms with van der Waals surface area (Å²) in [4.78, 5) is 2.35. The Labute approximate surface area is 121 Å². The molecule has 3 nitrogen and oxygen atoms in total. The van der Waals surface area contributed by atoms with Gasteiger partial charge in [0, 0.05) is 12.6 Å². The van der Waals surface area contributed by atoms with Gasteiger partial charge >= 0.3 is 0 Å². The second-order valence-corrected chi connectivity index (χ2v) is 5.32. The SMILES string of the molecule is CCN(Cc1ccco1)C(CN)c1cc(C)cc(C)c1. The summed E-state index contributed by atoms with van der Waals surface area (Å²) in [6, 6.07) is 10.8. The van der Waals surface area contributed by atoms with Gasteiger partial charge in [0.25, 0.3) is 0 Å². The first kappa shape index (κ1) is 14.8. The quantitative estimate of drug-likeness (QED) is 0.876. The number of hydrogen-bond donors (Lipinski definition) is 1. The van der Waals surface area contributed by atoms with Crippen molar-refractivity contribution in [3.05, 3.63) is 59.0 Å². The number of nitrogens with two attached hydrogens (primary N) is 1. The molecule has 1 unspecified atom stereocenters. The lowest BCUT2D eigenvalue weighted by molar-refractivity contribution is 0.188. The van der Waals surface area contributed by atoms with Gasteiger partial charge in [-0.2, -0.15) is 0 Å². The lowest BCUT2D eigenvalue weighted by atomic mass is 10.00. The Hall–Kier alpha value is -1.58. The molecule has 20 heavy (non-hydrogen) atoms. The first-order valence-corrected chi connectivity index (χ1v) is 7.18. The molecule has 1 aromatic heterocycles. The van der Waals surface area contributed by atoms with Crippen LogP contribution in [0.2, 0.25) is 0 Å². The molecule has 0 saturated carbocycles. The van der Waals surface area contributed by atoms with Crippen LogP contribution in [0.25, 0.3) is 0 Å². The molecule has 108 valence electrons. The highest BCUT2D eigenvalue weighted by atomic mass is 16.3. The van der Waals surface area contributed by atoms with E-state index in [1.807, 2.05) is 12.1 Å². The van der Waals surface area contributed by atoms with Gasteiger partial charge in [-0.15, -0.1) is 0 Å². The zero-order valence-corrected chi connectivity index (χ0v) is 12.6. The number of likely N-dealkylation sites (N-methyl/N-ethyl adjacent to an activating group) is 1. The molecule has 0 aliphatic rings. The lowest BCUT2D eigenvalue weighted by Gasteiger charge is -2.30. The number of hydrogen-bond acceptors (Lipinski definition) is 3. The molecule has 1 heterocycles. The highest BCUT2D eigenvalue weighted by Crippen LogP contribution is 2.24. The van der Waals surface area contributed by atoms with Crippen molar-refractivity contribution in [3.63, 3.8) is 0 Å². The van der Waals surface area contributed by atoms with Crippen molar-refractivity contribution in [1.82, 2.24) is 4.90 Å². The molecule has 3 heteroatoms. The maximum absolute atomic E-state index is 6.04. The highest BCUT2D eigenvalue weighted by molar-refractivity contribution is 5.31. The van der Waals surface area contributed by atoms with Crippen molar-refractivity contribution in [2.24, 2.45) is 5.73 Å². The molecule has 2 aromatic rings. The van der Waals surface area contributed by atoms with Gasteiger partial charge in [0.2, 0.25) is 0 Å². The van der Waals surface area contributed by atoms with Gasteiger partial charge in [-0.1, -0.05) is 36.2 Å². The summed E-state index contributed by atoms with van der Waals surface area (Å²) in [5.74, 6) is 0.981. The van der Waals surface area contributed by atoms with E-state index >= 15 is 0 Å². The van der Waals surface area contributed by atoms with Crippen LogP contribution in [0.5, 0.6) is 0 Å². The Bertz CT molecular complexity index is 514. The van der Waals surface area contributed by atoms with Gasteiger partial charge < -0.3 is 10.2 Å². The van der Waals surface area contributed by atoms with E-state index in [0.29, 0.717) is 6.54 Å². The first-order valence-electron chi connectivity index (χ1n) is 7.18. The van der Waals surface area contributed by atoms with Crippen LogP contribution >= 0.6 is 0 Å². The fourth-order valence-corrected chi connectivity index (χ4v) is 2.74. The summed E-state index contributed by atoms with van der Waals surface area (Å²) in [6.07, 6.45) is 1.72. The number of furan rings is 1. The van der Waals surface area contributed by atoms with Crippen molar-refractivity contribution < 1.29 is 4.42 Å². The van der Waals surface area contributed by atoms with E-state index in [1.165, 1.54) is 16.7 Å². The maximum atomic E-state index is 6.04. The Morgan fingerprint density at radius 3 is 2.40 bits per heavy atom. The smallest absolute Gasteiger partial charge is 0.117 e. The molecular weight excluding hydrogens is 248 g/mol. The predicted molar refractivity (Wildman–Crippen MR) is 82.5 cm³/mol. The van der Waals surface area contributed by atoms with E-state index in [1.54, 1.807) is 6.26 Å². The summed E-state index contributed by atoms with van der Waals surface area (Å²) in [6.45, 7) is 8.76. The van der Waals surface area contributed by atoms with Gasteiger partial charge in [0.1, 0.15) is 5.76 Å². The van der Waals surface area contributed by atoms with Gasteiger partial charge in [-0.05, 0) is 38.1 Å². The van der Waals surface area contributed by atoms with Crippen LogP contribution in [-0.2, 0) is 6.54 Å². The highest BCUT2D eigenvalue weighted by Gasteiger charge is 2.19. The van der Waals surface area contributed by atoms with E-state index in [-0.39, 0.29) is 6.04 Å². The molecule has 1 atom stereocenters. The minimum absolute atomic E-state index is 0.226. The average molecular weight is 272 g/mol. The van der Waals surface area contributed by atoms with Crippen LogP contribution in [0.15, 0.2) is 41.0 Å². The Morgan fingerprint density at radius 1 is 1.20 bits per heavy atom. The Kier molecular flexibility index (Phi) is 4.99. The first-order chi connectivity index (χ1) is 9.63. The normalized spacial score (nSPS) is 12.8. The Morgan fingerprint density at radius 2 is 1.90 bits per heavy atom. The molecular formula is C17H24N2O. The fraction of sp³-hybridized carbons (Fsp3) is 0.412. The third-order valence-electron chi connectivity index (χ3n) is 3.64. The standard InChI is InChI=1S/C17H24N2O/c1-4-19(12-16-6-5-7-20-16)17(11-18)15-9-13(2)8-14(3)10-15/h5-10,17H,4,11-12,18H2,1-3H3. The maximum Gasteiger partial charge on any atom is 0.117 e. The van der Waals surface area contributed by atoms with Crippen LogP contribution in [-0.4, -0.2) is 18.0 Å². The van der Waals surface area contributed by atoms with Gasteiger partial charge in [0.15, 0.2) is 0 Å². The molecule has 2 N–H and O–H groups in total. The largest absolute Gasteiger partial charge is 0.468 e. The number of nitrogens with zero attached hydrogens (tertiary/aromatic N) is 1. The number of benzene rings is 1. The van der Waals surface area contributed by atoms with Crippen LogP contribution in [0.1, 0.15) is 35.4 Å². The van der Waals surface area contributed by atoms with Crippen molar-refractivity contribution in [3.8, 4) is 0 Å². The summed E-state index contributed by atoms with van der Waals surface area (Å²) in [7, 11) is 0. The molecule has 0 radical (unpaired) electrons. The molecule has 0 aliphatic carbocycles. The van der Waals surface area contributed by atoms with Gasteiger partial charge in [-0.25, -0.2) is 0 Å². The van der Waals surface area contributed by atoms with Crippen molar-refractivity contribution in [2.45, 2.75) is 33.4 Å². The van der Waals surface area contributed by atoms with Crippen LogP contribution in [0.3, 0.4) is 0 Å². The Balaban J connectivity index is 2.24. The van der Waals surface area contributed by atoms with E-state index in [2.05, 4.69) is 43.9 Å². The van der Waals surface area contributed by atoms with Crippen molar-refractivity contribution in [2.75, 3.05) is 13.1 Å². The molecule has 0 bridgehead atoms. The molecule has 2 rings (SSSR count). The van der Waals surface area contributed by atoms with Crippen molar-refractivity contribution >= 4 is 0 Å². The minimum atomic E-state index is 0.226. The lowest BCUT2D eigenvalue weighted by Crippen LogP contribution is -2.33. The van der Waals surface area contributed by atoms with E-state index in [4.69, 9.17) is 10.2 Å². The fourth-order valence-electron chi connectivity index (χ4n) is 2.74. The van der Waals surface area contributed by atoms with E-state index in [9.17, 15) is 0 Å². The second-order valence-electron chi connectivity index (χ2n) is 5.32. The third kappa shape index (κ3) is 3.50. The molecule has 0 fully saturated rings. The zero-order chi connectivity index (χ0) is 14.5. The van der Waals surface area contributed by atoms with E-state index < -0.39 is 0 Å². The van der Waals surface area contributed by atoms with Gasteiger partial charge in [-0.3, -0.25) is 4.90 Å². The molecule has 1 aromatic carbocycles. The average Bonchev–Trinajstić information content (AvgIpc) is 2.90. The van der Waals surface area contributed by atoms with Gasteiger partial charge in [0.05, 0.1) is 12.8 Å². The van der Waals surface area contributed by atoms with Crippen molar-refractivity contribution in [1.29, 1.82) is 0 Å². The summed E-state index contributed by atoms with van der Waals surface area (Å²) >= 11 is 0. The summed E-state index contributed by atoms with van der Waals surface area (Å²) in [5, 5.41) is 0. The molecule has 0 saturated heterocycles.